The second kappa shape index (κ2) is 8.98. The van der Waals surface area contributed by atoms with Crippen LogP contribution in [-0.2, 0) is 0 Å². The van der Waals surface area contributed by atoms with E-state index in [-0.39, 0.29) is 34.5 Å². The third-order valence-corrected chi connectivity index (χ3v) is 6.99. The Morgan fingerprint density at radius 3 is 2.69 bits per heavy atom. The van der Waals surface area contributed by atoms with Crippen molar-refractivity contribution in [1.82, 2.24) is 20.7 Å². The van der Waals surface area contributed by atoms with Gasteiger partial charge < -0.3 is 19.5 Å². The molecule has 12 heteroatoms. The average molecular weight is 497 g/mol. The average Bonchev–Trinajstić information content (AvgIpc) is 3.56. The maximum Gasteiger partial charge on any atom is 0.402 e. The summed E-state index contributed by atoms with van der Waals surface area (Å²) >= 11 is 0. The van der Waals surface area contributed by atoms with Crippen molar-refractivity contribution in [3.05, 3.63) is 33.9 Å². The number of methoxy groups -OCH3 is 1. The maximum absolute atomic E-state index is 15.6. The Bertz CT molecular complexity index is 1200. The van der Waals surface area contributed by atoms with Crippen LogP contribution in [0.5, 0.6) is 5.75 Å². The number of carbonyl (C=O) groups excluding carboxylic acids is 1. The highest BCUT2D eigenvalue weighted by Crippen LogP contribution is 2.45. The molecule has 2 aromatic rings. The third kappa shape index (κ3) is 4.56. The van der Waals surface area contributed by atoms with Gasteiger partial charge in [0.2, 0.25) is 5.43 Å². The van der Waals surface area contributed by atoms with Crippen molar-refractivity contribution < 1.29 is 27.1 Å². The van der Waals surface area contributed by atoms with Crippen molar-refractivity contribution >= 4 is 22.5 Å². The minimum atomic E-state index is -4.54. The number of carbonyl (C=O) groups is 1. The molecule has 1 saturated carbocycles. The van der Waals surface area contributed by atoms with E-state index in [9.17, 15) is 22.8 Å². The third-order valence-electron chi connectivity index (χ3n) is 6.99. The highest BCUT2D eigenvalue weighted by molar-refractivity contribution is 5.99. The maximum atomic E-state index is 15.6. The van der Waals surface area contributed by atoms with E-state index in [2.05, 4.69) is 5.32 Å². The molecule has 1 aromatic heterocycles. The number of rotatable bonds is 6. The van der Waals surface area contributed by atoms with Gasteiger partial charge in [0.15, 0.2) is 11.6 Å². The predicted octanol–water partition coefficient (Wildman–Crippen LogP) is 2.47. The lowest BCUT2D eigenvalue weighted by Crippen LogP contribution is -2.44. The Morgan fingerprint density at radius 2 is 2.03 bits per heavy atom. The zero-order valence-electron chi connectivity index (χ0n) is 19.2. The lowest BCUT2D eigenvalue weighted by Gasteiger charge is -2.25. The number of nitrogens with one attached hydrogen (secondary N) is 3. The van der Waals surface area contributed by atoms with Gasteiger partial charge in [-0.25, -0.2) is 9.82 Å². The van der Waals surface area contributed by atoms with E-state index < -0.39 is 29.9 Å². The summed E-state index contributed by atoms with van der Waals surface area (Å²) < 4.78 is 60.2. The molecule has 3 N–H and O–H groups in total. The number of alkyl halides is 3. The summed E-state index contributed by atoms with van der Waals surface area (Å²) in [4.78, 5) is 27.7. The first-order valence-electron chi connectivity index (χ1n) is 11.7. The van der Waals surface area contributed by atoms with Crippen LogP contribution in [0.3, 0.4) is 0 Å². The van der Waals surface area contributed by atoms with E-state index in [0.29, 0.717) is 24.5 Å². The van der Waals surface area contributed by atoms with Crippen LogP contribution in [0, 0.1) is 11.7 Å². The minimum Gasteiger partial charge on any atom is -0.492 e. The van der Waals surface area contributed by atoms with E-state index >= 15 is 4.39 Å². The van der Waals surface area contributed by atoms with E-state index in [1.165, 1.54) is 13.3 Å². The fourth-order valence-electron chi connectivity index (χ4n) is 5.25. The summed E-state index contributed by atoms with van der Waals surface area (Å²) in [5.41, 5.74) is 3.23. The van der Waals surface area contributed by atoms with E-state index in [4.69, 9.17) is 4.74 Å². The summed E-state index contributed by atoms with van der Waals surface area (Å²) in [6.07, 6.45) is 0.496. The second-order valence-electron chi connectivity index (χ2n) is 9.44. The first kappa shape index (κ1) is 23.9. The number of amides is 1. The fraction of sp³-hybridized carbons (Fsp3) is 0.565. The van der Waals surface area contributed by atoms with Crippen molar-refractivity contribution in [2.45, 2.75) is 43.9 Å². The molecule has 1 aliphatic carbocycles. The van der Waals surface area contributed by atoms with Crippen molar-refractivity contribution in [3.8, 4) is 5.75 Å². The summed E-state index contributed by atoms with van der Waals surface area (Å²) in [7, 11) is 1.42. The van der Waals surface area contributed by atoms with Crippen LogP contribution in [0.1, 0.15) is 42.1 Å². The van der Waals surface area contributed by atoms with Crippen molar-refractivity contribution in [2.24, 2.45) is 5.92 Å². The molecule has 2 unspecified atom stereocenters. The molecule has 5 rings (SSSR count). The Balaban J connectivity index is 1.57. The number of hydrogen-bond donors (Lipinski definition) is 3. The van der Waals surface area contributed by atoms with Gasteiger partial charge in [-0.3, -0.25) is 15.0 Å². The van der Waals surface area contributed by atoms with Gasteiger partial charge in [-0.15, -0.1) is 0 Å². The van der Waals surface area contributed by atoms with Gasteiger partial charge in [0.05, 0.1) is 18.0 Å². The largest absolute Gasteiger partial charge is 0.492 e. The Labute approximate surface area is 198 Å². The van der Waals surface area contributed by atoms with Crippen LogP contribution >= 0.6 is 0 Å². The van der Waals surface area contributed by atoms with Gasteiger partial charge in [0, 0.05) is 31.4 Å². The Kier molecular flexibility index (Phi) is 6.12. The highest BCUT2D eigenvalue weighted by atomic mass is 19.4. The number of benzene rings is 1. The molecule has 1 amide bonds. The quantitative estimate of drug-likeness (QED) is 0.420. The molecular formula is C23H27F4N5O3. The van der Waals surface area contributed by atoms with Gasteiger partial charge >= 0.3 is 6.18 Å². The molecule has 190 valence electrons. The molecule has 0 radical (unpaired) electrons. The molecule has 2 aliphatic heterocycles. The smallest absolute Gasteiger partial charge is 0.402 e. The monoisotopic (exact) mass is 497 g/mol. The van der Waals surface area contributed by atoms with Crippen molar-refractivity contribution in [3.63, 3.8) is 0 Å². The Morgan fingerprint density at radius 1 is 1.26 bits per heavy atom. The van der Waals surface area contributed by atoms with Crippen LogP contribution in [0.4, 0.5) is 23.2 Å². The van der Waals surface area contributed by atoms with E-state index in [0.717, 1.165) is 38.3 Å². The first-order valence-corrected chi connectivity index (χ1v) is 11.7. The molecule has 0 bridgehead atoms. The van der Waals surface area contributed by atoms with Crippen molar-refractivity contribution in [1.29, 1.82) is 0 Å². The highest BCUT2D eigenvalue weighted by Gasteiger charge is 2.38. The zero-order chi connectivity index (χ0) is 24.9. The van der Waals surface area contributed by atoms with Crippen LogP contribution in [0.2, 0.25) is 0 Å². The van der Waals surface area contributed by atoms with E-state index in [1.807, 2.05) is 10.3 Å². The predicted molar refractivity (Wildman–Crippen MR) is 121 cm³/mol. The molecule has 3 aliphatic rings. The summed E-state index contributed by atoms with van der Waals surface area (Å²) in [5.74, 6) is -1.04. The molecule has 1 aromatic carbocycles. The van der Waals surface area contributed by atoms with Gasteiger partial charge in [-0.05, 0) is 44.2 Å². The SMILES string of the molecule is COc1c(N2CC3CCCNC3C2)c(F)cc2c(=O)c(C(=O)NNCC(F)(F)F)cn(C3CC3)c12. The standard InChI is InChI=1S/C23H27F4N5O3/c1-35-21-18-14(7-16(24)19(21)31-8-12-3-2-6-28-17(12)10-31)20(33)15(9-32(18)13-4-5-13)22(34)30-29-11-23(25,26)27/h7,9,12-13,17,28-29H,2-6,8,10-11H2,1H3,(H,30,34). The number of aromatic nitrogens is 1. The van der Waals surface area contributed by atoms with Crippen LogP contribution in [0.15, 0.2) is 17.1 Å². The minimum absolute atomic E-state index is 0.0252. The number of pyridine rings is 1. The normalized spacial score (nSPS) is 22.4. The first-order chi connectivity index (χ1) is 16.7. The number of ether oxygens (including phenoxy) is 1. The number of piperidine rings is 1. The van der Waals surface area contributed by atoms with E-state index in [1.54, 1.807) is 9.99 Å². The molecule has 0 spiro atoms. The number of anilines is 1. The van der Waals surface area contributed by atoms with Gasteiger partial charge in [0.1, 0.15) is 17.8 Å². The molecule has 35 heavy (non-hydrogen) atoms. The molecular weight excluding hydrogens is 470 g/mol. The number of halogens is 4. The second-order valence-corrected chi connectivity index (χ2v) is 9.44. The van der Waals surface area contributed by atoms with Crippen molar-refractivity contribution in [2.75, 3.05) is 38.2 Å². The number of hydrogen-bond acceptors (Lipinski definition) is 6. The number of nitrogens with zero attached hydrogens (tertiary/aromatic N) is 2. The zero-order valence-corrected chi connectivity index (χ0v) is 19.2. The summed E-state index contributed by atoms with van der Waals surface area (Å²) in [6.45, 7) is 0.746. The fourth-order valence-corrected chi connectivity index (χ4v) is 5.25. The summed E-state index contributed by atoms with van der Waals surface area (Å²) in [5, 5.41) is 3.44. The van der Waals surface area contributed by atoms with Gasteiger partial charge in [0.25, 0.3) is 5.91 Å². The number of fused-ring (bicyclic) bond motifs is 2. The topological polar surface area (TPSA) is 87.6 Å². The molecule has 2 saturated heterocycles. The summed E-state index contributed by atoms with van der Waals surface area (Å²) in [6, 6.07) is 1.34. The molecule has 3 heterocycles. The lowest BCUT2D eigenvalue weighted by molar-refractivity contribution is -0.126. The molecule has 3 fully saturated rings. The van der Waals surface area contributed by atoms with Gasteiger partial charge in [-0.1, -0.05) is 0 Å². The number of hydrazine groups is 1. The van der Waals surface area contributed by atoms with Crippen LogP contribution in [-0.4, -0.2) is 56.0 Å². The van der Waals surface area contributed by atoms with Crippen LogP contribution in [0.25, 0.3) is 10.9 Å². The van der Waals surface area contributed by atoms with Crippen LogP contribution < -0.4 is 31.2 Å². The lowest BCUT2D eigenvalue weighted by atomic mass is 9.94. The van der Waals surface area contributed by atoms with Gasteiger partial charge in [-0.2, -0.15) is 13.2 Å². The molecule has 8 nitrogen and oxygen atoms in total. The Hall–Kier alpha value is -2.86. The molecule has 2 atom stereocenters.